The maximum Gasteiger partial charge on any atom is 0.200 e. The van der Waals surface area contributed by atoms with Crippen LogP contribution in [-0.2, 0) is 0 Å². The van der Waals surface area contributed by atoms with E-state index < -0.39 is 23.8 Å². The van der Waals surface area contributed by atoms with Gasteiger partial charge in [0.05, 0.1) is 5.69 Å². The highest BCUT2D eigenvalue weighted by Crippen LogP contribution is 2.30. The van der Waals surface area contributed by atoms with Crippen LogP contribution >= 0.6 is 15.9 Å². The van der Waals surface area contributed by atoms with E-state index in [0.29, 0.717) is 10.2 Å². The van der Waals surface area contributed by atoms with Crippen molar-refractivity contribution in [2.45, 2.75) is 19.1 Å². The van der Waals surface area contributed by atoms with E-state index in [1.807, 2.05) is 0 Å². The summed E-state index contributed by atoms with van der Waals surface area (Å²) < 4.78 is 33.0. The molecule has 0 saturated heterocycles. The number of hydrogen-bond donors (Lipinski definition) is 1. The molecular formula is C14H13BrF2N2O. The third kappa shape index (κ3) is 3.32. The summed E-state index contributed by atoms with van der Waals surface area (Å²) in [5.41, 5.74) is 6.41. The van der Waals surface area contributed by atoms with Crippen molar-refractivity contribution in [3.05, 3.63) is 58.3 Å². The van der Waals surface area contributed by atoms with Crippen molar-refractivity contribution in [1.29, 1.82) is 0 Å². The smallest absolute Gasteiger partial charge is 0.200 e. The highest BCUT2D eigenvalue weighted by molar-refractivity contribution is 9.10. The molecule has 0 aliphatic heterocycles. The highest BCUT2D eigenvalue weighted by atomic mass is 79.9. The van der Waals surface area contributed by atoms with E-state index in [2.05, 4.69) is 20.9 Å². The first-order chi connectivity index (χ1) is 9.49. The molecule has 1 aromatic carbocycles. The van der Waals surface area contributed by atoms with E-state index >= 15 is 0 Å². The number of hydrogen-bond acceptors (Lipinski definition) is 3. The molecule has 2 rings (SSSR count). The Morgan fingerprint density at radius 1 is 1.30 bits per heavy atom. The molecule has 1 aromatic heterocycles. The lowest BCUT2D eigenvalue weighted by Gasteiger charge is -2.22. The predicted molar refractivity (Wildman–Crippen MR) is 75.3 cm³/mol. The van der Waals surface area contributed by atoms with Crippen molar-refractivity contribution in [2.75, 3.05) is 0 Å². The summed E-state index contributed by atoms with van der Waals surface area (Å²) in [6.07, 6.45) is 0.922. The van der Waals surface area contributed by atoms with Gasteiger partial charge in [-0.1, -0.05) is 22.0 Å². The fourth-order valence-electron chi connectivity index (χ4n) is 1.74. The van der Waals surface area contributed by atoms with Gasteiger partial charge >= 0.3 is 0 Å². The standard InChI is InChI=1S/C14H13BrF2N2O/c1-8(18)14(11-4-2-3-5-19-11)20-12-7-9(15)6-10(16)13(12)17/h2-8,14H,18H2,1H3. The summed E-state index contributed by atoms with van der Waals surface area (Å²) in [4.78, 5) is 4.14. The molecule has 0 fully saturated rings. The summed E-state index contributed by atoms with van der Waals surface area (Å²) in [6, 6.07) is 7.20. The number of nitrogens with two attached hydrogens (primary N) is 1. The number of nitrogens with zero attached hydrogens (tertiary/aromatic N) is 1. The van der Waals surface area contributed by atoms with E-state index in [4.69, 9.17) is 10.5 Å². The number of benzene rings is 1. The second-order valence-electron chi connectivity index (χ2n) is 4.35. The topological polar surface area (TPSA) is 48.1 Å². The molecule has 0 aliphatic carbocycles. The minimum atomic E-state index is -1.05. The molecule has 0 spiro atoms. The summed E-state index contributed by atoms with van der Waals surface area (Å²) in [5.74, 6) is -2.24. The van der Waals surface area contributed by atoms with E-state index in [9.17, 15) is 8.78 Å². The van der Waals surface area contributed by atoms with Crippen LogP contribution in [0.25, 0.3) is 0 Å². The second kappa shape index (κ2) is 6.28. The molecule has 6 heteroatoms. The Balaban J connectivity index is 2.35. The van der Waals surface area contributed by atoms with Gasteiger partial charge in [0.1, 0.15) is 0 Å². The zero-order chi connectivity index (χ0) is 14.7. The van der Waals surface area contributed by atoms with Crippen molar-refractivity contribution in [3.63, 3.8) is 0 Å². The Hall–Kier alpha value is -1.53. The third-order valence-corrected chi connectivity index (χ3v) is 3.13. The third-order valence-electron chi connectivity index (χ3n) is 2.67. The largest absolute Gasteiger partial charge is 0.479 e. The maximum atomic E-state index is 13.7. The van der Waals surface area contributed by atoms with Crippen molar-refractivity contribution < 1.29 is 13.5 Å². The Morgan fingerprint density at radius 3 is 2.65 bits per heavy atom. The summed E-state index contributed by atoms with van der Waals surface area (Å²) >= 11 is 3.10. The van der Waals surface area contributed by atoms with E-state index in [1.165, 1.54) is 6.07 Å². The molecule has 0 radical (unpaired) electrons. The number of pyridine rings is 1. The van der Waals surface area contributed by atoms with Crippen LogP contribution in [0.1, 0.15) is 18.7 Å². The quantitative estimate of drug-likeness (QED) is 0.863. The average molecular weight is 343 g/mol. The lowest BCUT2D eigenvalue weighted by molar-refractivity contribution is 0.166. The SMILES string of the molecule is CC(N)C(Oc1cc(Br)cc(F)c1F)c1ccccn1. The lowest BCUT2D eigenvalue weighted by atomic mass is 10.1. The van der Waals surface area contributed by atoms with Gasteiger partial charge in [-0.2, -0.15) is 4.39 Å². The molecule has 0 amide bonds. The summed E-state index contributed by atoms with van der Waals surface area (Å²) in [5, 5.41) is 0. The molecule has 2 atom stereocenters. The Labute approximate surface area is 123 Å². The van der Waals surface area contributed by atoms with Crippen LogP contribution < -0.4 is 10.5 Å². The van der Waals surface area contributed by atoms with Gasteiger partial charge in [0.15, 0.2) is 17.7 Å². The van der Waals surface area contributed by atoms with E-state index in [0.717, 1.165) is 6.07 Å². The zero-order valence-corrected chi connectivity index (χ0v) is 12.3. The monoisotopic (exact) mass is 342 g/mol. The van der Waals surface area contributed by atoms with Crippen LogP contribution in [-0.4, -0.2) is 11.0 Å². The minimum Gasteiger partial charge on any atom is -0.479 e. The molecule has 0 aliphatic rings. The van der Waals surface area contributed by atoms with Crippen LogP contribution in [0.3, 0.4) is 0 Å². The molecule has 20 heavy (non-hydrogen) atoms. The van der Waals surface area contributed by atoms with Gasteiger partial charge in [-0.05, 0) is 31.2 Å². The van der Waals surface area contributed by atoms with Crippen LogP contribution in [0.15, 0.2) is 41.0 Å². The normalized spacial score (nSPS) is 13.8. The second-order valence-corrected chi connectivity index (χ2v) is 5.27. The van der Waals surface area contributed by atoms with Gasteiger partial charge in [0.2, 0.25) is 5.82 Å². The molecule has 2 unspecified atom stereocenters. The van der Waals surface area contributed by atoms with Gasteiger partial charge < -0.3 is 10.5 Å². The molecule has 2 aromatic rings. The molecule has 0 bridgehead atoms. The van der Waals surface area contributed by atoms with E-state index in [1.54, 1.807) is 31.3 Å². The van der Waals surface area contributed by atoms with Gasteiger partial charge in [-0.25, -0.2) is 4.39 Å². The fourth-order valence-corrected chi connectivity index (χ4v) is 2.15. The van der Waals surface area contributed by atoms with Crippen LogP contribution in [0.4, 0.5) is 8.78 Å². The first-order valence-electron chi connectivity index (χ1n) is 5.96. The summed E-state index contributed by atoms with van der Waals surface area (Å²) in [7, 11) is 0. The van der Waals surface area contributed by atoms with E-state index in [-0.39, 0.29) is 5.75 Å². The Kier molecular flexibility index (Phi) is 4.67. The Morgan fingerprint density at radius 2 is 2.05 bits per heavy atom. The van der Waals surface area contributed by atoms with Gasteiger partial charge in [-0.15, -0.1) is 0 Å². The number of ether oxygens (including phenoxy) is 1. The van der Waals surface area contributed by atoms with Crippen LogP contribution in [0.5, 0.6) is 5.75 Å². The minimum absolute atomic E-state index is 0.204. The average Bonchev–Trinajstić information content (AvgIpc) is 2.41. The van der Waals surface area contributed by atoms with Crippen molar-refractivity contribution >= 4 is 15.9 Å². The molecular weight excluding hydrogens is 330 g/mol. The first kappa shape index (κ1) is 14.9. The molecule has 1 heterocycles. The van der Waals surface area contributed by atoms with Gasteiger partial charge in [0, 0.05) is 16.7 Å². The number of rotatable bonds is 4. The maximum absolute atomic E-state index is 13.7. The fraction of sp³-hybridized carbons (Fsp3) is 0.214. The molecule has 3 nitrogen and oxygen atoms in total. The lowest BCUT2D eigenvalue weighted by Crippen LogP contribution is -2.30. The zero-order valence-electron chi connectivity index (χ0n) is 10.7. The number of halogens is 3. The van der Waals surface area contributed by atoms with Crippen molar-refractivity contribution in [1.82, 2.24) is 4.98 Å². The van der Waals surface area contributed by atoms with Crippen LogP contribution in [0.2, 0.25) is 0 Å². The summed E-state index contributed by atoms with van der Waals surface area (Å²) in [6.45, 7) is 1.71. The predicted octanol–water partition coefficient (Wildman–Crippen LogP) is 3.59. The number of aromatic nitrogens is 1. The molecule has 0 saturated carbocycles. The van der Waals surface area contributed by atoms with Crippen molar-refractivity contribution in [3.8, 4) is 5.75 Å². The molecule has 106 valence electrons. The molecule has 2 N–H and O–H groups in total. The van der Waals surface area contributed by atoms with Gasteiger partial charge in [-0.3, -0.25) is 4.98 Å². The van der Waals surface area contributed by atoms with Crippen molar-refractivity contribution in [2.24, 2.45) is 5.73 Å². The van der Waals surface area contributed by atoms with Crippen LogP contribution in [0, 0.1) is 11.6 Å². The highest BCUT2D eigenvalue weighted by Gasteiger charge is 2.22. The first-order valence-corrected chi connectivity index (χ1v) is 6.76. The Bertz CT molecular complexity index is 593. The van der Waals surface area contributed by atoms with Gasteiger partial charge in [0.25, 0.3) is 0 Å².